The number of nitrogens with zero attached hydrogens (tertiary/aromatic N) is 2. The maximum atomic E-state index is 13.4. The van der Waals surface area contributed by atoms with Gasteiger partial charge in [0.1, 0.15) is 12.6 Å². The number of carbonyl (C=O) groups excluding carboxylic acids is 2. The molecule has 7 nitrogen and oxygen atoms in total. The summed E-state index contributed by atoms with van der Waals surface area (Å²) in [6.45, 7) is 5.28. The van der Waals surface area contributed by atoms with Gasteiger partial charge in [0.05, 0.1) is 11.9 Å². The fraction of sp³-hybridized carbons (Fsp3) is 0.391. The third kappa shape index (κ3) is 7.34. The lowest BCUT2D eigenvalue weighted by molar-refractivity contribution is -0.139. The average Bonchev–Trinajstić information content (AvgIpc) is 2.76. The van der Waals surface area contributed by atoms with Gasteiger partial charge in [-0.25, -0.2) is 8.42 Å². The van der Waals surface area contributed by atoms with Gasteiger partial charge in [-0.15, -0.1) is 0 Å². The van der Waals surface area contributed by atoms with Crippen LogP contribution in [0.1, 0.15) is 32.8 Å². The van der Waals surface area contributed by atoms with Gasteiger partial charge < -0.3 is 10.2 Å². The van der Waals surface area contributed by atoms with E-state index in [1.54, 1.807) is 37.3 Å². The van der Waals surface area contributed by atoms with E-state index in [-0.39, 0.29) is 18.5 Å². The van der Waals surface area contributed by atoms with Crippen molar-refractivity contribution < 1.29 is 18.0 Å². The highest BCUT2D eigenvalue weighted by Crippen LogP contribution is 2.19. The van der Waals surface area contributed by atoms with E-state index in [0.717, 1.165) is 27.0 Å². The molecule has 32 heavy (non-hydrogen) atoms. The van der Waals surface area contributed by atoms with Gasteiger partial charge >= 0.3 is 0 Å². The summed E-state index contributed by atoms with van der Waals surface area (Å²) in [5, 5.41) is 2.90. The summed E-state index contributed by atoms with van der Waals surface area (Å²) >= 11 is 3.39. The van der Waals surface area contributed by atoms with Crippen LogP contribution in [-0.4, -0.2) is 50.0 Å². The Kier molecular flexibility index (Phi) is 9.27. The Morgan fingerprint density at radius 1 is 1.03 bits per heavy atom. The predicted molar refractivity (Wildman–Crippen MR) is 131 cm³/mol. The zero-order chi connectivity index (χ0) is 23.9. The van der Waals surface area contributed by atoms with Crippen LogP contribution < -0.4 is 9.62 Å². The molecule has 9 heteroatoms. The summed E-state index contributed by atoms with van der Waals surface area (Å²) < 4.78 is 26.8. The first-order valence-electron chi connectivity index (χ1n) is 10.4. The fourth-order valence-corrected chi connectivity index (χ4v) is 4.16. The first-order chi connectivity index (χ1) is 15.0. The number of para-hydroxylation sites is 1. The summed E-state index contributed by atoms with van der Waals surface area (Å²) in [4.78, 5) is 27.6. The molecule has 0 aliphatic heterocycles. The molecule has 0 radical (unpaired) electrons. The van der Waals surface area contributed by atoms with E-state index in [4.69, 9.17) is 0 Å². The van der Waals surface area contributed by atoms with Crippen LogP contribution in [-0.2, 0) is 26.2 Å². The van der Waals surface area contributed by atoms with Crippen molar-refractivity contribution in [3.63, 3.8) is 0 Å². The van der Waals surface area contributed by atoms with Crippen LogP contribution in [0.15, 0.2) is 59.1 Å². The third-order valence-electron chi connectivity index (χ3n) is 5.16. The van der Waals surface area contributed by atoms with E-state index >= 15 is 0 Å². The van der Waals surface area contributed by atoms with Gasteiger partial charge in [0.25, 0.3) is 0 Å². The molecule has 174 valence electrons. The number of amides is 2. The van der Waals surface area contributed by atoms with Crippen LogP contribution in [0.4, 0.5) is 5.69 Å². The second-order valence-corrected chi connectivity index (χ2v) is 10.6. The number of anilines is 1. The Morgan fingerprint density at radius 3 is 2.16 bits per heavy atom. The topological polar surface area (TPSA) is 86.8 Å². The number of halogens is 1. The van der Waals surface area contributed by atoms with Crippen LogP contribution in [0.3, 0.4) is 0 Å². The maximum absolute atomic E-state index is 13.4. The number of carbonyl (C=O) groups is 2. The van der Waals surface area contributed by atoms with Crippen molar-refractivity contribution >= 4 is 43.5 Å². The van der Waals surface area contributed by atoms with Crippen LogP contribution in [0.2, 0.25) is 0 Å². The van der Waals surface area contributed by atoms with Crippen LogP contribution >= 0.6 is 15.9 Å². The molecule has 0 aromatic heterocycles. The zero-order valence-corrected chi connectivity index (χ0v) is 21.2. The highest BCUT2D eigenvalue weighted by atomic mass is 79.9. The van der Waals surface area contributed by atoms with Crippen LogP contribution in [0.25, 0.3) is 0 Å². The molecule has 2 amide bonds. The molecule has 0 spiro atoms. The molecule has 0 aliphatic carbocycles. The third-order valence-corrected chi connectivity index (χ3v) is 6.83. The van der Waals surface area contributed by atoms with Crippen LogP contribution in [0, 0.1) is 0 Å². The van der Waals surface area contributed by atoms with Gasteiger partial charge in [-0.3, -0.25) is 13.9 Å². The van der Waals surface area contributed by atoms with E-state index in [1.807, 2.05) is 38.1 Å². The minimum atomic E-state index is -3.71. The minimum absolute atomic E-state index is 0.0357. The quantitative estimate of drug-likeness (QED) is 0.515. The Balaban J connectivity index is 2.34. The molecule has 0 saturated carbocycles. The van der Waals surface area contributed by atoms with E-state index in [0.29, 0.717) is 5.69 Å². The molecule has 0 saturated heterocycles. The van der Waals surface area contributed by atoms with Crippen molar-refractivity contribution in [1.29, 1.82) is 0 Å². The second-order valence-electron chi connectivity index (χ2n) is 7.75. The summed E-state index contributed by atoms with van der Waals surface area (Å²) in [5.41, 5.74) is 1.22. The predicted octanol–water partition coefficient (Wildman–Crippen LogP) is 3.55. The highest BCUT2D eigenvalue weighted by molar-refractivity contribution is 9.10. The Bertz CT molecular complexity index is 1010. The van der Waals surface area contributed by atoms with Crippen molar-refractivity contribution in [1.82, 2.24) is 10.2 Å². The van der Waals surface area contributed by atoms with Crippen molar-refractivity contribution in [3.8, 4) is 0 Å². The average molecular weight is 524 g/mol. The summed E-state index contributed by atoms with van der Waals surface area (Å²) in [6.07, 6.45) is 1.82. The Morgan fingerprint density at radius 2 is 1.62 bits per heavy atom. The lowest BCUT2D eigenvalue weighted by atomic mass is 10.1. The summed E-state index contributed by atoms with van der Waals surface area (Å²) in [5.74, 6) is -0.746. The van der Waals surface area contributed by atoms with Gasteiger partial charge in [0.15, 0.2) is 0 Å². The SMILES string of the molecule is CC[C@@H](C)NC(=O)[C@H](C)N(Cc1ccc(Br)cc1)C(=O)CN(c1ccccc1)S(C)(=O)=O. The van der Waals surface area contributed by atoms with Crippen molar-refractivity contribution in [3.05, 3.63) is 64.6 Å². The Labute approximate surface area is 199 Å². The molecule has 0 unspecified atom stereocenters. The van der Waals surface area contributed by atoms with Gasteiger partial charge in [0, 0.05) is 17.1 Å². The zero-order valence-electron chi connectivity index (χ0n) is 18.8. The molecule has 0 bridgehead atoms. The number of hydrogen-bond acceptors (Lipinski definition) is 4. The van der Waals surface area contributed by atoms with Crippen molar-refractivity contribution in [2.75, 3.05) is 17.1 Å². The molecular weight excluding hydrogens is 494 g/mol. The Hall–Kier alpha value is -2.39. The molecule has 0 fully saturated rings. The first-order valence-corrected chi connectivity index (χ1v) is 13.0. The molecule has 2 aromatic carbocycles. The lowest BCUT2D eigenvalue weighted by Crippen LogP contribution is -2.52. The smallest absolute Gasteiger partial charge is 0.244 e. The molecule has 2 rings (SSSR count). The van der Waals surface area contributed by atoms with Gasteiger partial charge in [-0.1, -0.05) is 53.2 Å². The van der Waals surface area contributed by atoms with Crippen LogP contribution in [0.5, 0.6) is 0 Å². The monoisotopic (exact) mass is 523 g/mol. The largest absolute Gasteiger partial charge is 0.352 e. The van der Waals surface area contributed by atoms with Gasteiger partial charge in [-0.05, 0) is 50.1 Å². The number of sulfonamides is 1. The normalized spacial score (nSPS) is 13.2. The summed E-state index contributed by atoms with van der Waals surface area (Å²) in [7, 11) is -3.71. The van der Waals surface area contributed by atoms with Gasteiger partial charge in [-0.2, -0.15) is 0 Å². The van der Waals surface area contributed by atoms with Crippen molar-refractivity contribution in [2.24, 2.45) is 0 Å². The van der Waals surface area contributed by atoms with E-state index < -0.39 is 28.5 Å². The highest BCUT2D eigenvalue weighted by Gasteiger charge is 2.30. The molecule has 2 aromatic rings. The van der Waals surface area contributed by atoms with Crippen molar-refractivity contribution in [2.45, 2.75) is 45.8 Å². The molecular formula is C23H30BrN3O4S. The molecule has 0 heterocycles. The number of nitrogens with one attached hydrogen (secondary N) is 1. The molecule has 1 N–H and O–H groups in total. The van der Waals surface area contributed by atoms with E-state index in [2.05, 4.69) is 21.2 Å². The lowest BCUT2D eigenvalue weighted by Gasteiger charge is -2.32. The molecule has 2 atom stereocenters. The second kappa shape index (κ2) is 11.5. The first kappa shape index (κ1) is 25.9. The maximum Gasteiger partial charge on any atom is 0.244 e. The fourth-order valence-electron chi connectivity index (χ4n) is 3.04. The number of benzene rings is 2. The number of hydrogen-bond donors (Lipinski definition) is 1. The summed E-state index contributed by atoms with van der Waals surface area (Å²) in [6, 6.07) is 15.1. The minimum Gasteiger partial charge on any atom is -0.352 e. The van der Waals surface area contributed by atoms with E-state index in [1.165, 1.54) is 4.90 Å². The molecule has 0 aliphatic rings. The van der Waals surface area contributed by atoms with Gasteiger partial charge in [0.2, 0.25) is 21.8 Å². The number of rotatable bonds is 10. The standard InChI is InChI=1S/C23H30BrN3O4S/c1-5-17(2)25-23(29)18(3)26(15-19-11-13-20(24)14-12-19)22(28)16-27(32(4,30)31)21-9-7-6-8-10-21/h6-14,17-18H,5,15-16H2,1-4H3,(H,25,29)/t17-,18+/m1/s1. The van der Waals surface area contributed by atoms with E-state index in [9.17, 15) is 18.0 Å².